The van der Waals surface area contributed by atoms with Gasteiger partial charge in [-0.15, -0.1) is 0 Å². The van der Waals surface area contributed by atoms with Crippen LogP contribution in [0, 0.1) is 5.92 Å². The van der Waals surface area contributed by atoms with Crippen LogP contribution in [0.2, 0.25) is 0 Å². The number of likely N-dealkylation sites (tertiary alicyclic amines) is 1. The van der Waals surface area contributed by atoms with E-state index in [4.69, 9.17) is 4.74 Å². The first-order chi connectivity index (χ1) is 7.31. The lowest BCUT2D eigenvalue weighted by Crippen LogP contribution is -2.42. The average molecular weight is 212 g/mol. The molecule has 2 fully saturated rings. The molecule has 0 saturated carbocycles. The fraction of sp³-hybridized carbons (Fsp3) is 0.909. The maximum atomic E-state index is 12.1. The molecule has 2 saturated heterocycles. The van der Waals surface area contributed by atoms with Gasteiger partial charge in [-0.25, -0.2) is 0 Å². The minimum Gasteiger partial charge on any atom is -0.380 e. The van der Waals surface area contributed by atoms with Crippen LogP contribution >= 0.6 is 0 Å². The molecule has 2 aliphatic rings. The van der Waals surface area contributed by atoms with Gasteiger partial charge in [0.25, 0.3) is 0 Å². The van der Waals surface area contributed by atoms with Gasteiger partial charge in [-0.2, -0.15) is 0 Å². The van der Waals surface area contributed by atoms with Crippen molar-refractivity contribution < 1.29 is 9.53 Å². The van der Waals surface area contributed by atoms with Gasteiger partial charge in [-0.05, 0) is 25.8 Å². The van der Waals surface area contributed by atoms with Gasteiger partial charge in [0.1, 0.15) is 0 Å². The van der Waals surface area contributed by atoms with Gasteiger partial charge in [-0.1, -0.05) is 0 Å². The highest BCUT2D eigenvalue weighted by molar-refractivity contribution is 5.79. The maximum Gasteiger partial charge on any atom is 0.227 e. The molecule has 1 N–H and O–H groups in total. The molecule has 0 aliphatic carbocycles. The number of hydrogen-bond acceptors (Lipinski definition) is 3. The highest BCUT2D eigenvalue weighted by Gasteiger charge is 2.31. The SMILES string of the molecule is CO[C@@H]1CCN(C(=O)[C@H]2CCCNC2)C1. The maximum absolute atomic E-state index is 12.1. The van der Waals surface area contributed by atoms with Gasteiger partial charge in [0, 0.05) is 26.7 Å². The number of ether oxygens (including phenoxy) is 1. The van der Waals surface area contributed by atoms with Crippen molar-refractivity contribution in [3.05, 3.63) is 0 Å². The molecule has 0 aromatic heterocycles. The van der Waals surface area contributed by atoms with Crippen LogP contribution in [0.15, 0.2) is 0 Å². The van der Waals surface area contributed by atoms with Crippen LogP contribution in [0.4, 0.5) is 0 Å². The van der Waals surface area contributed by atoms with E-state index >= 15 is 0 Å². The Labute approximate surface area is 91.0 Å². The van der Waals surface area contributed by atoms with Crippen molar-refractivity contribution in [3.8, 4) is 0 Å². The number of rotatable bonds is 2. The van der Waals surface area contributed by atoms with Gasteiger partial charge >= 0.3 is 0 Å². The molecule has 2 atom stereocenters. The summed E-state index contributed by atoms with van der Waals surface area (Å²) >= 11 is 0. The Kier molecular flexibility index (Phi) is 3.59. The van der Waals surface area contributed by atoms with Crippen molar-refractivity contribution in [2.24, 2.45) is 5.92 Å². The number of methoxy groups -OCH3 is 1. The van der Waals surface area contributed by atoms with E-state index in [1.165, 1.54) is 0 Å². The molecule has 0 unspecified atom stereocenters. The highest BCUT2D eigenvalue weighted by atomic mass is 16.5. The molecule has 86 valence electrons. The standard InChI is InChI=1S/C11H20N2O2/c1-15-10-4-6-13(8-10)11(14)9-3-2-5-12-7-9/h9-10,12H,2-8H2,1H3/t9-,10+/m0/s1. The van der Waals surface area contributed by atoms with E-state index < -0.39 is 0 Å². The summed E-state index contributed by atoms with van der Waals surface area (Å²) in [5.41, 5.74) is 0. The van der Waals surface area contributed by atoms with Crippen molar-refractivity contribution in [2.75, 3.05) is 33.3 Å². The first kappa shape index (κ1) is 10.9. The molecule has 4 nitrogen and oxygen atoms in total. The minimum absolute atomic E-state index is 0.203. The van der Waals surface area contributed by atoms with Crippen LogP contribution in [-0.2, 0) is 9.53 Å². The van der Waals surface area contributed by atoms with Crippen LogP contribution in [0.1, 0.15) is 19.3 Å². The van der Waals surface area contributed by atoms with Crippen molar-refractivity contribution >= 4 is 5.91 Å². The van der Waals surface area contributed by atoms with E-state index in [1.54, 1.807) is 7.11 Å². The van der Waals surface area contributed by atoms with Crippen LogP contribution in [0.5, 0.6) is 0 Å². The second-order valence-electron chi connectivity index (χ2n) is 4.47. The van der Waals surface area contributed by atoms with Crippen molar-refractivity contribution in [1.29, 1.82) is 0 Å². The van der Waals surface area contributed by atoms with E-state index in [9.17, 15) is 4.79 Å². The predicted molar refractivity (Wildman–Crippen MR) is 57.6 cm³/mol. The molecule has 2 aliphatic heterocycles. The van der Waals surface area contributed by atoms with Gasteiger partial charge in [0.2, 0.25) is 5.91 Å². The highest BCUT2D eigenvalue weighted by Crippen LogP contribution is 2.18. The quantitative estimate of drug-likeness (QED) is 0.712. The van der Waals surface area contributed by atoms with Crippen LogP contribution in [0.3, 0.4) is 0 Å². The van der Waals surface area contributed by atoms with Crippen LogP contribution < -0.4 is 5.32 Å². The fourth-order valence-corrected chi connectivity index (χ4v) is 2.44. The normalized spacial score (nSPS) is 31.9. The zero-order valence-electron chi connectivity index (χ0n) is 9.37. The van der Waals surface area contributed by atoms with Crippen LogP contribution in [0.25, 0.3) is 0 Å². The van der Waals surface area contributed by atoms with E-state index in [-0.39, 0.29) is 12.0 Å². The zero-order valence-corrected chi connectivity index (χ0v) is 9.37. The lowest BCUT2D eigenvalue weighted by Gasteiger charge is -2.26. The van der Waals surface area contributed by atoms with Gasteiger partial charge in [0.15, 0.2) is 0 Å². The Morgan fingerprint density at radius 2 is 2.33 bits per heavy atom. The zero-order chi connectivity index (χ0) is 10.7. The first-order valence-electron chi connectivity index (χ1n) is 5.83. The van der Waals surface area contributed by atoms with Gasteiger partial charge in [-0.3, -0.25) is 4.79 Å². The summed E-state index contributed by atoms with van der Waals surface area (Å²) in [6, 6.07) is 0. The molecular weight excluding hydrogens is 192 g/mol. The van der Waals surface area contributed by atoms with Crippen LogP contribution in [-0.4, -0.2) is 50.2 Å². The smallest absolute Gasteiger partial charge is 0.227 e. The lowest BCUT2D eigenvalue weighted by molar-refractivity contribution is -0.135. The second-order valence-corrected chi connectivity index (χ2v) is 4.47. The minimum atomic E-state index is 0.203. The molecule has 0 aromatic rings. The third-order valence-corrected chi connectivity index (χ3v) is 3.44. The molecule has 2 heterocycles. The average Bonchev–Trinajstić information content (AvgIpc) is 2.78. The van der Waals surface area contributed by atoms with E-state index in [0.29, 0.717) is 5.91 Å². The summed E-state index contributed by atoms with van der Waals surface area (Å²) in [5.74, 6) is 0.524. The monoisotopic (exact) mass is 212 g/mol. The Morgan fingerprint density at radius 1 is 1.47 bits per heavy atom. The molecule has 4 heteroatoms. The molecule has 0 aromatic carbocycles. The Hall–Kier alpha value is -0.610. The number of nitrogens with zero attached hydrogens (tertiary/aromatic N) is 1. The topological polar surface area (TPSA) is 41.6 Å². The third-order valence-electron chi connectivity index (χ3n) is 3.44. The van der Waals surface area contributed by atoms with Gasteiger partial charge < -0.3 is 15.0 Å². The van der Waals surface area contributed by atoms with Crippen molar-refractivity contribution in [2.45, 2.75) is 25.4 Å². The first-order valence-corrected chi connectivity index (χ1v) is 5.83. The molecular formula is C11H20N2O2. The molecule has 0 bridgehead atoms. The molecule has 0 spiro atoms. The summed E-state index contributed by atoms with van der Waals surface area (Å²) in [4.78, 5) is 14.1. The largest absolute Gasteiger partial charge is 0.380 e. The molecule has 1 amide bonds. The van der Waals surface area contributed by atoms with E-state index in [2.05, 4.69) is 5.32 Å². The molecule has 15 heavy (non-hydrogen) atoms. The lowest BCUT2D eigenvalue weighted by atomic mass is 9.98. The summed E-state index contributed by atoms with van der Waals surface area (Å²) < 4.78 is 5.27. The summed E-state index contributed by atoms with van der Waals surface area (Å²) in [6.45, 7) is 3.57. The number of hydrogen-bond donors (Lipinski definition) is 1. The Morgan fingerprint density at radius 3 is 2.93 bits per heavy atom. The summed E-state index contributed by atoms with van der Waals surface area (Å²) in [6.07, 6.45) is 3.41. The van der Waals surface area contributed by atoms with E-state index in [1.807, 2.05) is 4.90 Å². The molecule has 2 rings (SSSR count). The van der Waals surface area contributed by atoms with Gasteiger partial charge in [0.05, 0.1) is 12.0 Å². The predicted octanol–water partition coefficient (Wildman–Crippen LogP) is 0.233. The van der Waals surface area contributed by atoms with Crippen molar-refractivity contribution in [3.63, 3.8) is 0 Å². The number of carbonyl (C=O) groups excluding carboxylic acids is 1. The third kappa shape index (κ3) is 2.49. The number of amides is 1. The fourth-order valence-electron chi connectivity index (χ4n) is 2.44. The van der Waals surface area contributed by atoms with E-state index in [0.717, 1.165) is 45.4 Å². The second kappa shape index (κ2) is 4.94. The Balaban J connectivity index is 1.85. The number of piperidine rings is 1. The summed E-state index contributed by atoms with van der Waals surface area (Å²) in [7, 11) is 1.72. The molecule has 0 radical (unpaired) electrons. The number of carbonyl (C=O) groups is 1. The Bertz CT molecular complexity index is 227. The summed E-state index contributed by atoms with van der Waals surface area (Å²) in [5, 5.41) is 3.29. The van der Waals surface area contributed by atoms with Crippen molar-refractivity contribution in [1.82, 2.24) is 10.2 Å². The number of nitrogens with one attached hydrogen (secondary N) is 1.